The summed E-state index contributed by atoms with van der Waals surface area (Å²) in [6, 6.07) is 10.4. The van der Waals surface area contributed by atoms with Crippen molar-refractivity contribution in [2.45, 2.75) is 69.9 Å². The summed E-state index contributed by atoms with van der Waals surface area (Å²) in [7, 11) is 0. The number of hydrogen-bond donors (Lipinski definition) is 1. The van der Waals surface area contributed by atoms with E-state index in [0.29, 0.717) is 79.6 Å². The van der Waals surface area contributed by atoms with Crippen LogP contribution >= 0.6 is 23.2 Å². The summed E-state index contributed by atoms with van der Waals surface area (Å²) in [5.41, 5.74) is 1.68. The lowest BCUT2D eigenvalue weighted by atomic mass is 9.91. The molecular weight excluding hydrogens is 591 g/mol. The first-order valence-corrected chi connectivity index (χ1v) is 15.8. The zero-order valence-corrected chi connectivity index (χ0v) is 25.6. The van der Waals surface area contributed by atoms with Crippen LogP contribution in [0.15, 0.2) is 47.5 Å². The summed E-state index contributed by atoms with van der Waals surface area (Å²) in [5, 5.41) is 12.1. The number of benzene rings is 2. The van der Waals surface area contributed by atoms with E-state index in [9.17, 15) is 24.3 Å². The number of anilines is 1. The number of hydrogen-bond acceptors (Lipinski definition) is 6. The molecule has 0 aliphatic carbocycles. The summed E-state index contributed by atoms with van der Waals surface area (Å²) < 4.78 is 1.43. The number of aliphatic hydroxyl groups is 1. The smallest absolute Gasteiger partial charge is 0.261 e. The third-order valence-electron chi connectivity index (χ3n) is 8.53. The van der Waals surface area contributed by atoms with E-state index in [1.54, 1.807) is 34.1 Å². The van der Waals surface area contributed by atoms with E-state index in [0.717, 1.165) is 30.5 Å². The number of likely N-dealkylation sites (tertiary alicyclic amines) is 1. The minimum atomic E-state index is -1.10. The van der Waals surface area contributed by atoms with E-state index >= 15 is 0 Å². The predicted molar refractivity (Wildman–Crippen MR) is 167 cm³/mol. The van der Waals surface area contributed by atoms with Crippen LogP contribution in [-0.2, 0) is 22.6 Å². The lowest BCUT2D eigenvalue weighted by Crippen LogP contribution is -2.49. The molecule has 1 aromatic heterocycles. The number of aromatic nitrogens is 2. The fourth-order valence-electron chi connectivity index (χ4n) is 6.03. The van der Waals surface area contributed by atoms with Crippen molar-refractivity contribution in [1.82, 2.24) is 14.5 Å². The second kappa shape index (κ2) is 13.6. The van der Waals surface area contributed by atoms with Gasteiger partial charge in [-0.3, -0.25) is 23.7 Å². The number of rotatable bonds is 10. The summed E-state index contributed by atoms with van der Waals surface area (Å²) >= 11 is 11.7. The van der Waals surface area contributed by atoms with E-state index in [1.165, 1.54) is 10.9 Å². The van der Waals surface area contributed by atoms with E-state index in [2.05, 4.69) is 4.98 Å². The molecule has 2 aliphatic rings. The van der Waals surface area contributed by atoms with Crippen LogP contribution in [-0.4, -0.2) is 68.3 Å². The topological polar surface area (TPSA) is 113 Å². The van der Waals surface area contributed by atoms with Crippen molar-refractivity contribution in [3.63, 3.8) is 0 Å². The Kier molecular flexibility index (Phi) is 9.84. The van der Waals surface area contributed by atoms with Crippen molar-refractivity contribution in [1.29, 1.82) is 0 Å². The molecule has 0 spiro atoms. The number of aryl methyl sites for hydroxylation is 1. The van der Waals surface area contributed by atoms with Gasteiger partial charge in [0.05, 0.1) is 29.4 Å². The standard InChI is InChI=1S/C32H36Cl2N4O5/c33-19-30(41)38-14-4-5-22-17-23(8-11-27(22)38)28(39)6-2-1-3-7-29(40)36-15-12-32(43,13-16-36)20-37-21-35-26-18-24(34)9-10-25(26)31(37)42/h8-11,17-18,21,43H,1-7,12-16,19-20H2. The van der Waals surface area contributed by atoms with Crippen molar-refractivity contribution >= 4 is 57.4 Å². The number of unbranched alkanes of at least 4 members (excludes halogenated alkanes) is 2. The molecule has 3 heterocycles. The highest BCUT2D eigenvalue weighted by molar-refractivity contribution is 6.31. The number of ketones is 1. The second-order valence-corrected chi connectivity index (χ2v) is 12.3. The highest BCUT2D eigenvalue weighted by Crippen LogP contribution is 2.29. The molecule has 5 rings (SSSR count). The Labute approximate surface area is 260 Å². The molecule has 0 unspecified atom stereocenters. The van der Waals surface area contributed by atoms with Crippen molar-refractivity contribution in [2.75, 3.05) is 30.4 Å². The minimum Gasteiger partial charge on any atom is -0.388 e. The second-order valence-electron chi connectivity index (χ2n) is 11.6. The molecule has 228 valence electrons. The molecule has 0 atom stereocenters. The number of carbonyl (C=O) groups is 3. The molecule has 2 aromatic carbocycles. The van der Waals surface area contributed by atoms with E-state index in [4.69, 9.17) is 23.2 Å². The Morgan fingerprint density at radius 2 is 1.72 bits per heavy atom. The van der Waals surface area contributed by atoms with Crippen LogP contribution in [0.1, 0.15) is 67.3 Å². The molecule has 2 amide bonds. The third kappa shape index (κ3) is 7.28. The summed E-state index contributed by atoms with van der Waals surface area (Å²) in [4.78, 5) is 58.4. The van der Waals surface area contributed by atoms with Crippen molar-refractivity contribution in [3.05, 3.63) is 69.2 Å². The molecule has 0 bridgehead atoms. The van der Waals surface area contributed by atoms with Gasteiger partial charge in [0, 0.05) is 48.7 Å². The molecule has 1 saturated heterocycles. The lowest BCUT2D eigenvalue weighted by Gasteiger charge is -2.38. The summed E-state index contributed by atoms with van der Waals surface area (Å²) in [6.07, 6.45) is 6.80. The highest BCUT2D eigenvalue weighted by atomic mass is 35.5. The molecule has 1 N–H and O–H groups in total. The number of fused-ring (bicyclic) bond motifs is 2. The SMILES string of the molecule is O=C(CCCCCC(=O)N1CCC(O)(Cn2cnc3cc(Cl)ccc3c2=O)CC1)c1ccc2c(c1)CCCN2C(=O)CCl. The summed E-state index contributed by atoms with van der Waals surface area (Å²) in [6.45, 7) is 1.60. The van der Waals surface area contributed by atoms with Crippen LogP contribution in [0.5, 0.6) is 0 Å². The van der Waals surface area contributed by atoms with Gasteiger partial charge in [-0.05, 0) is 80.5 Å². The fraction of sp³-hybridized carbons (Fsp3) is 0.469. The first-order chi connectivity index (χ1) is 20.7. The highest BCUT2D eigenvalue weighted by Gasteiger charge is 2.34. The van der Waals surface area contributed by atoms with Crippen LogP contribution in [0.4, 0.5) is 5.69 Å². The predicted octanol–water partition coefficient (Wildman–Crippen LogP) is 4.75. The van der Waals surface area contributed by atoms with Crippen LogP contribution in [0.3, 0.4) is 0 Å². The first-order valence-electron chi connectivity index (χ1n) is 14.8. The molecule has 1 fully saturated rings. The van der Waals surface area contributed by atoms with Gasteiger partial charge in [-0.25, -0.2) is 4.98 Å². The van der Waals surface area contributed by atoms with Crippen molar-refractivity contribution in [3.8, 4) is 0 Å². The Morgan fingerprint density at radius 1 is 0.953 bits per heavy atom. The van der Waals surface area contributed by atoms with Crippen molar-refractivity contribution < 1.29 is 19.5 Å². The molecule has 9 nitrogen and oxygen atoms in total. The van der Waals surface area contributed by atoms with E-state index in [-0.39, 0.29) is 35.6 Å². The number of amides is 2. The monoisotopic (exact) mass is 626 g/mol. The number of Topliss-reactive ketones (excluding diaryl/α,β-unsaturated/α-hetero) is 1. The van der Waals surface area contributed by atoms with Gasteiger partial charge in [-0.2, -0.15) is 0 Å². The zero-order valence-electron chi connectivity index (χ0n) is 24.1. The number of nitrogens with zero attached hydrogens (tertiary/aromatic N) is 4. The minimum absolute atomic E-state index is 0.0422. The lowest BCUT2D eigenvalue weighted by molar-refractivity contribution is -0.136. The van der Waals surface area contributed by atoms with Gasteiger partial charge >= 0.3 is 0 Å². The van der Waals surface area contributed by atoms with Gasteiger partial charge in [0.2, 0.25) is 11.8 Å². The zero-order chi connectivity index (χ0) is 30.6. The van der Waals surface area contributed by atoms with Gasteiger partial charge in [0.1, 0.15) is 5.88 Å². The third-order valence-corrected chi connectivity index (χ3v) is 8.99. The van der Waals surface area contributed by atoms with Crippen molar-refractivity contribution in [2.24, 2.45) is 0 Å². The van der Waals surface area contributed by atoms with Gasteiger partial charge < -0.3 is 14.9 Å². The average Bonchev–Trinajstić information content (AvgIpc) is 3.01. The van der Waals surface area contributed by atoms with Gasteiger partial charge in [0.15, 0.2) is 5.78 Å². The van der Waals surface area contributed by atoms with Crippen LogP contribution < -0.4 is 10.5 Å². The molecule has 43 heavy (non-hydrogen) atoms. The van der Waals surface area contributed by atoms with E-state index in [1.807, 2.05) is 12.1 Å². The Hall–Kier alpha value is -3.27. The Bertz CT molecular complexity index is 1580. The summed E-state index contributed by atoms with van der Waals surface area (Å²) in [5.74, 6) is -0.0836. The van der Waals surface area contributed by atoms with Gasteiger partial charge in [-0.15, -0.1) is 11.6 Å². The molecule has 3 aromatic rings. The maximum absolute atomic E-state index is 12.9. The Balaban J connectivity index is 1.04. The van der Waals surface area contributed by atoms with Crippen LogP contribution in [0, 0.1) is 0 Å². The van der Waals surface area contributed by atoms with Crippen LogP contribution in [0.2, 0.25) is 5.02 Å². The fourth-order valence-corrected chi connectivity index (χ4v) is 6.35. The number of halogens is 2. The molecule has 0 saturated carbocycles. The quantitative estimate of drug-likeness (QED) is 0.197. The van der Waals surface area contributed by atoms with E-state index < -0.39 is 5.60 Å². The number of alkyl halides is 1. The van der Waals surface area contributed by atoms with Crippen LogP contribution in [0.25, 0.3) is 10.9 Å². The van der Waals surface area contributed by atoms with Gasteiger partial charge in [-0.1, -0.05) is 18.0 Å². The number of piperidine rings is 1. The maximum Gasteiger partial charge on any atom is 0.261 e. The molecular formula is C32H36Cl2N4O5. The normalized spacial score (nSPS) is 16.3. The molecule has 11 heteroatoms. The molecule has 2 aliphatic heterocycles. The van der Waals surface area contributed by atoms with Gasteiger partial charge in [0.25, 0.3) is 5.56 Å². The number of carbonyl (C=O) groups excluding carboxylic acids is 3. The molecule has 0 radical (unpaired) electrons. The average molecular weight is 628 g/mol. The first kappa shape index (κ1) is 31.2. The Morgan fingerprint density at radius 3 is 2.49 bits per heavy atom. The maximum atomic E-state index is 12.9. The largest absolute Gasteiger partial charge is 0.388 e.